The zero-order chi connectivity index (χ0) is 29.8. The van der Waals surface area contributed by atoms with Gasteiger partial charge in [-0.3, -0.25) is 9.69 Å². The summed E-state index contributed by atoms with van der Waals surface area (Å²) in [5.41, 5.74) is 3.65. The summed E-state index contributed by atoms with van der Waals surface area (Å²) in [6.45, 7) is 7.38. The molecule has 0 bridgehead atoms. The molecule has 4 heterocycles. The van der Waals surface area contributed by atoms with Crippen LogP contribution in [0.5, 0.6) is 0 Å². The maximum Gasteiger partial charge on any atom is 0.159 e. The number of allylic oxidation sites excluding steroid dienone is 1. The van der Waals surface area contributed by atoms with Crippen molar-refractivity contribution in [2.75, 3.05) is 58.3 Å². The van der Waals surface area contributed by atoms with Crippen LogP contribution in [0.1, 0.15) is 29.5 Å². The molecule has 3 aliphatic heterocycles. The fraction of sp³-hybridized carbons (Fsp3) is 0.441. The monoisotopic (exact) mass is 583 g/mol. The van der Waals surface area contributed by atoms with Gasteiger partial charge in [-0.25, -0.2) is 14.4 Å². The van der Waals surface area contributed by atoms with Crippen molar-refractivity contribution in [3.8, 4) is 11.8 Å². The number of fused-ring (bicyclic) bond motifs is 2. The molecular weight excluding hydrogens is 545 g/mol. The summed E-state index contributed by atoms with van der Waals surface area (Å²) >= 11 is 0. The Morgan fingerprint density at radius 3 is 2.63 bits per heavy atom. The minimum Gasteiger partial charge on any atom is -0.372 e. The molecule has 8 nitrogen and oxygen atoms in total. The summed E-state index contributed by atoms with van der Waals surface area (Å²) in [6.07, 6.45) is 7.63. The highest BCUT2D eigenvalue weighted by atomic mass is 19.1. The number of nitrogens with zero attached hydrogens (tertiary/aromatic N) is 4. The van der Waals surface area contributed by atoms with E-state index in [9.17, 15) is 9.18 Å². The normalized spacial score (nSPS) is 21.6. The molecular formula is C34H38FN5O3. The number of aromatic nitrogens is 2. The summed E-state index contributed by atoms with van der Waals surface area (Å²) in [5, 5.41) is 4.08. The average Bonchev–Trinajstić information content (AvgIpc) is 3.42. The molecule has 0 spiro atoms. The van der Waals surface area contributed by atoms with Gasteiger partial charge in [0.1, 0.15) is 18.0 Å². The van der Waals surface area contributed by atoms with E-state index in [0.29, 0.717) is 37.1 Å². The Morgan fingerprint density at radius 1 is 1.12 bits per heavy atom. The topological polar surface area (TPSA) is 79.8 Å². The maximum atomic E-state index is 13.9. The minimum absolute atomic E-state index is 0.00585. The predicted molar refractivity (Wildman–Crippen MR) is 165 cm³/mol. The van der Waals surface area contributed by atoms with Crippen molar-refractivity contribution in [1.82, 2.24) is 19.8 Å². The van der Waals surface area contributed by atoms with E-state index in [2.05, 4.69) is 44.0 Å². The molecule has 2 atom stereocenters. The number of nitrogens with one attached hydrogen (secondary N) is 1. The van der Waals surface area contributed by atoms with E-state index in [1.54, 1.807) is 25.1 Å². The number of rotatable bonds is 7. The van der Waals surface area contributed by atoms with E-state index in [1.165, 1.54) is 12.4 Å². The number of carbonyl (C=O) groups is 1. The Bertz CT molecular complexity index is 1560. The highest BCUT2D eigenvalue weighted by Gasteiger charge is 2.35. The zero-order valence-corrected chi connectivity index (χ0v) is 24.8. The van der Waals surface area contributed by atoms with E-state index >= 15 is 0 Å². The van der Waals surface area contributed by atoms with Gasteiger partial charge in [-0.05, 0) is 87.4 Å². The van der Waals surface area contributed by atoms with Crippen LogP contribution in [-0.4, -0.2) is 90.7 Å². The van der Waals surface area contributed by atoms with Gasteiger partial charge in [0.05, 0.1) is 30.9 Å². The van der Waals surface area contributed by atoms with Gasteiger partial charge in [-0.2, -0.15) is 0 Å². The standard InChI is InChI=1S/C34H38FN5O3/c1-23-16-27(7-8-30(23)35)38-34-29-18-26(17-28(41)4-3-11-40-20-32-33(21-40)43-15-14-42-32)25(19-31(29)36-22-37-34)6-5-24-9-12-39(2)13-10-24/h3-4,7-8,16,18-19,22,24,32-33H,9-15,17,20-21H2,1-2H3,(H,36,37,38)/b4-3+. The number of carbonyl (C=O) groups excluding carboxylic acids is 1. The molecule has 224 valence electrons. The van der Waals surface area contributed by atoms with Gasteiger partial charge < -0.3 is 19.7 Å². The first-order chi connectivity index (χ1) is 20.9. The van der Waals surface area contributed by atoms with Gasteiger partial charge in [0, 0.05) is 48.6 Å². The minimum atomic E-state index is -0.260. The molecule has 0 radical (unpaired) electrons. The number of halogens is 1. The van der Waals surface area contributed by atoms with Gasteiger partial charge in [-0.1, -0.05) is 17.9 Å². The van der Waals surface area contributed by atoms with E-state index in [-0.39, 0.29) is 30.2 Å². The van der Waals surface area contributed by atoms with Crippen LogP contribution in [0.15, 0.2) is 48.8 Å². The van der Waals surface area contributed by atoms with Crippen molar-refractivity contribution < 1.29 is 18.7 Å². The molecule has 1 N–H and O–H groups in total. The van der Waals surface area contributed by atoms with Crippen molar-refractivity contribution in [2.24, 2.45) is 5.92 Å². The number of likely N-dealkylation sites (tertiary alicyclic amines) is 2. The zero-order valence-electron chi connectivity index (χ0n) is 24.8. The molecule has 0 aliphatic carbocycles. The number of hydrogen-bond donors (Lipinski definition) is 1. The fourth-order valence-corrected chi connectivity index (χ4v) is 5.97. The third-order valence-electron chi connectivity index (χ3n) is 8.48. The van der Waals surface area contributed by atoms with Crippen LogP contribution in [-0.2, 0) is 20.7 Å². The van der Waals surface area contributed by atoms with Crippen LogP contribution in [0.2, 0.25) is 0 Å². The molecule has 43 heavy (non-hydrogen) atoms. The lowest BCUT2D eigenvalue weighted by atomic mass is 9.95. The molecule has 2 unspecified atom stereocenters. The van der Waals surface area contributed by atoms with Crippen LogP contribution in [0, 0.1) is 30.5 Å². The molecule has 3 fully saturated rings. The lowest BCUT2D eigenvalue weighted by molar-refractivity contribution is -0.116. The first kappa shape index (κ1) is 29.4. The van der Waals surface area contributed by atoms with E-state index in [0.717, 1.165) is 66.7 Å². The highest BCUT2D eigenvalue weighted by molar-refractivity contribution is 5.96. The van der Waals surface area contributed by atoms with E-state index < -0.39 is 0 Å². The van der Waals surface area contributed by atoms with E-state index in [4.69, 9.17) is 9.47 Å². The SMILES string of the molecule is Cc1cc(Nc2ncnc3cc(C#CC4CCN(C)CC4)c(CC(=O)/C=C/CN4CC5OCCOC5C4)cc23)ccc1F. The number of aryl methyl sites for hydroxylation is 1. The fourth-order valence-electron chi connectivity index (χ4n) is 5.97. The Kier molecular flexibility index (Phi) is 9.10. The number of ketones is 1. The number of ether oxygens (including phenoxy) is 2. The molecule has 1 aromatic heterocycles. The molecule has 3 aromatic rings. The summed E-state index contributed by atoms with van der Waals surface area (Å²) in [7, 11) is 2.14. The first-order valence-electron chi connectivity index (χ1n) is 15.1. The van der Waals surface area contributed by atoms with Crippen molar-refractivity contribution in [2.45, 2.75) is 38.4 Å². The lowest BCUT2D eigenvalue weighted by Crippen LogP contribution is -2.36. The van der Waals surface area contributed by atoms with Gasteiger partial charge in [-0.15, -0.1) is 0 Å². The van der Waals surface area contributed by atoms with E-state index in [1.807, 2.05) is 18.2 Å². The average molecular weight is 584 g/mol. The van der Waals surface area contributed by atoms with Gasteiger partial charge >= 0.3 is 0 Å². The Balaban J connectivity index is 1.24. The second kappa shape index (κ2) is 13.3. The van der Waals surface area contributed by atoms with Gasteiger partial charge in [0.25, 0.3) is 0 Å². The predicted octanol–water partition coefficient (Wildman–Crippen LogP) is 4.28. The third kappa shape index (κ3) is 7.28. The number of hydrogen-bond acceptors (Lipinski definition) is 8. The van der Waals surface area contributed by atoms with Crippen molar-refractivity contribution in [1.29, 1.82) is 0 Å². The van der Waals surface area contributed by atoms with Gasteiger partial charge in [0.15, 0.2) is 5.78 Å². The summed E-state index contributed by atoms with van der Waals surface area (Å²) in [4.78, 5) is 26.8. The van der Waals surface area contributed by atoms with Crippen molar-refractivity contribution in [3.63, 3.8) is 0 Å². The summed E-state index contributed by atoms with van der Waals surface area (Å²) in [6, 6.07) is 8.79. The maximum absolute atomic E-state index is 13.9. The van der Waals surface area contributed by atoms with Crippen molar-refractivity contribution >= 4 is 28.2 Å². The largest absolute Gasteiger partial charge is 0.372 e. The van der Waals surface area contributed by atoms with Crippen LogP contribution >= 0.6 is 0 Å². The third-order valence-corrected chi connectivity index (χ3v) is 8.48. The Labute approximate surface area is 252 Å². The summed E-state index contributed by atoms with van der Waals surface area (Å²) in [5.74, 6) is 7.55. The molecule has 2 aromatic carbocycles. The van der Waals surface area contributed by atoms with Crippen LogP contribution in [0.25, 0.3) is 10.9 Å². The lowest BCUT2D eigenvalue weighted by Gasteiger charge is -2.25. The second-order valence-corrected chi connectivity index (χ2v) is 11.8. The quantitative estimate of drug-likeness (QED) is 0.326. The molecule has 0 saturated carbocycles. The van der Waals surface area contributed by atoms with Gasteiger partial charge in [0.2, 0.25) is 0 Å². The first-order valence-corrected chi connectivity index (χ1v) is 15.1. The molecule has 6 rings (SSSR count). The summed E-state index contributed by atoms with van der Waals surface area (Å²) < 4.78 is 25.5. The Hall–Kier alpha value is -3.68. The van der Waals surface area contributed by atoms with Crippen LogP contribution < -0.4 is 5.32 Å². The van der Waals surface area contributed by atoms with Crippen LogP contribution in [0.3, 0.4) is 0 Å². The van der Waals surface area contributed by atoms with Crippen molar-refractivity contribution in [3.05, 3.63) is 71.3 Å². The number of benzene rings is 2. The highest BCUT2D eigenvalue weighted by Crippen LogP contribution is 2.28. The second-order valence-electron chi connectivity index (χ2n) is 11.8. The molecule has 3 saturated heterocycles. The number of anilines is 2. The Morgan fingerprint density at radius 2 is 1.88 bits per heavy atom. The molecule has 9 heteroatoms. The number of piperidine rings is 1. The van der Waals surface area contributed by atoms with Crippen LogP contribution in [0.4, 0.5) is 15.9 Å². The smallest absolute Gasteiger partial charge is 0.159 e. The molecule has 3 aliphatic rings. The molecule has 0 amide bonds.